The molecule has 0 spiro atoms. The van der Waals surface area contributed by atoms with E-state index >= 15 is 0 Å². The monoisotopic (exact) mass is 297 g/mol. The third-order valence-electron chi connectivity index (χ3n) is 3.77. The number of nitrogens with one attached hydrogen (secondary N) is 1. The highest BCUT2D eigenvalue weighted by Gasteiger charge is 2.08. The lowest BCUT2D eigenvalue weighted by Crippen LogP contribution is -2.29. The van der Waals surface area contributed by atoms with Gasteiger partial charge in [0.1, 0.15) is 12.4 Å². The van der Waals surface area contributed by atoms with Crippen LogP contribution in [0.3, 0.4) is 0 Å². The minimum absolute atomic E-state index is 0.169. The van der Waals surface area contributed by atoms with E-state index in [1.165, 1.54) is 5.56 Å². The summed E-state index contributed by atoms with van der Waals surface area (Å²) in [7, 11) is 0. The van der Waals surface area contributed by atoms with Crippen LogP contribution in [0.1, 0.15) is 30.0 Å². The minimum Gasteiger partial charge on any atom is -0.489 e. The zero-order valence-corrected chi connectivity index (χ0v) is 13.2. The number of aryl methyl sites for hydroxylation is 1. The van der Waals surface area contributed by atoms with E-state index in [-0.39, 0.29) is 6.04 Å². The molecule has 1 atom stereocenters. The van der Waals surface area contributed by atoms with Crippen LogP contribution in [0.25, 0.3) is 0 Å². The number of ether oxygens (including phenoxy) is 1. The Balaban J connectivity index is 2.04. The quantitative estimate of drug-likeness (QED) is 0.755. The van der Waals surface area contributed by atoms with Crippen molar-refractivity contribution < 1.29 is 9.53 Å². The third kappa shape index (κ3) is 4.62. The highest BCUT2D eigenvalue weighted by Crippen LogP contribution is 2.22. The topological polar surface area (TPSA) is 38.3 Å². The average Bonchev–Trinajstić information content (AvgIpc) is 2.55. The highest BCUT2D eigenvalue weighted by atomic mass is 16.5. The number of hydrogen-bond donors (Lipinski definition) is 1. The molecule has 116 valence electrons. The lowest BCUT2D eigenvalue weighted by atomic mass is 10.0. The van der Waals surface area contributed by atoms with Crippen molar-refractivity contribution in [3.05, 3.63) is 65.2 Å². The predicted octanol–water partition coefficient (Wildman–Crippen LogP) is 3.64. The van der Waals surface area contributed by atoms with E-state index in [2.05, 4.69) is 42.6 Å². The van der Waals surface area contributed by atoms with Gasteiger partial charge < -0.3 is 10.1 Å². The Labute approximate surface area is 132 Å². The summed E-state index contributed by atoms with van der Waals surface area (Å²) in [5, 5.41) is 2.85. The van der Waals surface area contributed by atoms with Crippen LogP contribution in [0, 0.1) is 6.92 Å². The molecule has 0 aliphatic carbocycles. The normalized spacial score (nSPS) is 11.7. The number of hydrogen-bond acceptors (Lipinski definition) is 2. The van der Waals surface area contributed by atoms with Crippen LogP contribution in [-0.2, 0) is 17.8 Å². The maximum Gasteiger partial charge on any atom is 0.207 e. The molecule has 0 saturated heterocycles. The van der Waals surface area contributed by atoms with Crippen LogP contribution in [0.2, 0.25) is 0 Å². The Kier molecular flexibility index (Phi) is 6.01. The van der Waals surface area contributed by atoms with Crippen LogP contribution in [0.15, 0.2) is 48.5 Å². The molecule has 3 heteroatoms. The maximum atomic E-state index is 10.6. The molecule has 0 aliphatic heterocycles. The van der Waals surface area contributed by atoms with E-state index < -0.39 is 0 Å². The molecule has 3 nitrogen and oxygen atoms in total. The summed E-state index contributed by atoms with van der Waals surface area (Å²) in [4.78, 5) is 10.6. The van der Waals surface area contributed by atoms with Crippen molar-refractivity contribution in [1.29, 1.82) is 0 Å². The molecule has 0 unspecified atom stereocenters. The molecular weight excluding hydrogens is 274 g/mol. The first-order chi connectivity index (χ1) is 10.7. The molecule has 0 heterocycles. The fourth-order valence-corrected chi connectivity index (χ4v) is 2.36. The van der Waals surface area contributed by atoms with Gasteiger partial charge in [-0.2, -0.15) is 0 Å². The molecule has 2 aromatic rings. The zero-order valence-electron chi connectivity index (χ0n) is 13.2. The lowest BCUT2D eigenvalue weighted by Gasteiger charge is -2.16. The van der Waals surface area contributed by atoms with E-state index in [4.69, 9.17) is 4.74 Å². The highest BCUT2D eigenvalue weighted by molar-refractivity contribution is 5.47. The second-order valence-corrected chi connectivity index (χ2v) is 5.47. The van der Waals surface area contributed by atoms with E-state index in [0.717, 1.165) is 36.1 Å². The van der Waals surface area contributed by atoms with Crippen LogP contribution in [0.4, 0.5) is 0 Å². The summed E-state index contributed by atoms with van der Waals surface area (Å²) in [5.74, 6) is 0.905. The molecule has 0 aromatic heterocycles. The van der Waals surface area contributed by atoms with Gasteiger partial charge in [0, 0.05) is 6.04 Å². The molecule has 1 amide bonds. The number of benzene rings is 2. The van der Waals surface area contributed by atoms with E-state index in [1.54, 1.807) is 0 Å². The molecule has 2 aromatic carbocycles. The summed E-state index contributed by atoms with van der Waals surface area (Å²) in [5.41, 5.74) is 3.45. The molecule has 0 fully saturated rings. The van der Waals surface area contributed by atoms with Gasteiger partial charge in [0.25, 0.3) is 0 Å². The average molecular weight is 297 g/mol. The molecule has 22 heavy (non-hydrogen) atoms. The smallest absolute Gasteiger partial charge is 0.207 e. The van der Waals surface area contributed by atoms with Crippen molar-refractivity contribution in [1.82, 2.24) is 5.32 Å². The summed E-state index contributed by atoms with van der Waals surface area (Å²) < 4.78 is 5.95. The van der Waals surface area contributed by atoms with Gasteiger partial charge in [0.2, 0.25) is 6.41 Å². The van der Waals surface area contributed by atoms with Gasteiger partial charge in [-0.3, -0.25) is 4.79 Å². The Hall–Kier alpha value is -2.29. The van der Waals surface area contributed by atoms with Crippen molar-refractivity contribution in [2.24, 2.45) is 0 Å². The third-order valence-corrected chi connectivity index (χ3v) is 3.77. The summed E-state index contributed by atoms with van der Waals surface area (Å²) in [6, 6.07) is 16.6. The lowest BCUT2D eigenvalue weighted by molar-refractivity contribution is -0.110. The summed E-state index contributed by atoms with van der Waals surface area (Å²) >= 11 is 0. The molecule has 0 aliphatic rings. The van der Waals surface area contributed by atoms with Crippen molar-refractivity contribution >= 4 is 6.41 Å². The number of rotatable bonds is 8. The van der Waals surface area contributed by atoms with Gasteiger partial charge in [-0.15, -0.1) is 0 Å². The molecule has 0 bridgehead atoms. The first-order valence-corrected chi connectivity index (χ1v) is 7.69. The van der Waals surface area contributed by atoms with Crippen LogP contribution in [-0.4, -0.2) is 12.5 Å². The van der Waals surface area contributed by atoms with E-state index in [9.17, 15) is 4.79 Å². The standard InChI is InChI=1S/C19H23NO2/c1-3-18(20-14-21)11-17-10-9-15(2)19(12-17)22-13-16-7-5-4-6-8-16/h4-10,12,14,18H,3,11,13H2,1-2H3,(H,20,21)/t18-/m0/s1. The van der Waals surface area contributed by atoms with Gasteiger partial charge in [0.15, 0.2) is 0 Å². The van der Waals surface area contributed by atoms with Crippen LogP contribution < -0.4 is 10.1 Å². The molecule has 0 saturated carbocycles. The summed E-state index contributed by atoms with van der Waals surface area (Å²) in [6.45, 7) is 4.68. The first kappa shape index (κ1) is 16.1. The first-order valence-electron chi connectivity index (χ1n) is 7.69. The van der Waals surface area contributed by atoms with E-state index in [1.807, 2.05) is 25.1 Å². The Morgan fingerprint density at radius 3 is 2.59 bits per heavy atom. The molecular formula is C19H23NO2. The predicted molar refractivity (Wildman–Crippen MR) is 88.9 cm³/mol. The van der Waals surface area contributed by atoms with Crippen LogP contribution >= 0.6 is 0 Å². The van der Waals surface area contributed by atoms with Crippen molar-refractivity contribution in [2.45, 2.75) is 39.3 Å². The number of amides is 1. The maximum absolute atomic E-state index is 10.6. The van der Waals surface area contributed by atoms with E-state index in [0.29, 0.717) is 6.61 Å². The Morgan fingerprint density at radius 1 is 1.14 bits per heavy atom. The zero-order chi connectivity index (χ0) is 15.8. The van der Waals surface area contributed by atoms with Gasteiger partial charge >= 0.3 is 0 Å². The van der Waals surface area contributed by atoms with Gasteiger partial charge in [-0.05, 0) is 42.5 Å². The molecule has 0 radical (unpaired) electrons. The van der Waals surface area contributed by atoms with Crippen molar-refractivity contribution in [3.63, 3.8) is 0 Å². The Bertz CT molecular complexity index is 596. The minimum atomic E-state index is 0.169. The fourth-order valence-electron chi connectivity index (χ4n) is 2.36. The summed E-state index contributed by atoms with van der Waals surface area (Å²) in [6.07, 6.45) is 2.50. The molecule has 2 rings (SSSR count). The van der Waals surface area contributed by atoms with Crippen molar-refractivity contribution in [2.75, 3.05) is 0 Å². The number of carbonyl (C=O) groups excluding carboxylic acids is 1. The van der Waals surface area contributed by atoms with Gasteiger partial charge in [-0.1, -0.05) is 49.4 Å². The Morgan fingerprint density at radius 2 is 1.91 bits per heavy atom. The van der Waals surface area contributed by atoms with Crippen LogP contribution in [0.5, 0.6) is 5.75 Å². The number of carbonyl (C=O) groups is 1. The fraction of sp³-hybridized carbons (Fsp3) is 0.316. The molecule has 1 N–H and O–H groups in total. The van der Waals surface area contributed by atoms with Gasteiger partial charge in [0.05, 0.1) is 0 Å². The SMILES string of the molecule is CC[C@@H](Cc1ccc(C)c(OCc2ccccc2)c1)NC=O. The largest absolute Gasteiger partial charge is 0.489 e. The second kappa shape index (κ2) is 8.23. The van der Waals surface area contributed by atoms with Gasteiger partial charge in [-0.25, -0.2) is 0 Å². The van der Waals surface area contributed by atoms with Crippen molar-refractivity contribution in [3.8, 4) is 5.75 Å². The second-order valence-electron chi connectivity index (χ2n) is 5.47.